The first-order valence-corrected chi connectivity index (χ1v) is 11.5. The summed E-state index contributed by atoms with van der Waals surface area (Å²) in [7, 11) is 4.83. The molecule has 3 aromatic carbocycles. The lowest BCUT2D eigenvalue weighted by atomic mass is 9.99. The second-order valence-corrected chi connectivity index (χ2v) is 8.49. The molecule has 0 fully saturated rings. The number of nitrogens with one attached hydrogen (secondary N) is 3. The molecule has 2 amide bonds. The molecular weight excluding hydrogens is 456 g/mol. The molecule has 1 aliphatic heterocycles. The number of benzene rings is 3. The van der Waals surface area contributed by atoms with Crippen molar-refractivity contribution in [2.45, 2.75) is 6.54 Å². The number of esters is 1. The summed E-state index contributed by atoms with van der Waals surface area (Å²) in [6.45, 7) is 0.936. The lowest BCUT2D eigenvalue weighted by Crippen LogP contribution is -2.32. The molecule has 0 aromatic heterocycles. The van der Waals surface area contributed by atoms with E-state index in [1.807, 2.05) is 66.5 Å². The van der Waals surface area contributed by atoms with Gasteiger partial charge < -0.3 is 20.7 Å². The predicted octanol–water partition coefficient (Wildman–Crippen LogP) is 3.58. The summed E-state index contributed by atoms with van der Waals surface area (Å²) in [4.78, 5) is 38.6. The zero-order valence-electron chi connectivity index (χ0n) is 20.4. The van der Waals surface area contributed by atoms with Crippen LogP contribution in [-0.2, 0) is 20.9 Å². The van der Waals surface area contributed by atoms with Crippen LogP contribution in [0.2, 0.25) is 0 Å². The van der Waals surface area contributed by atoms with Gasteiger partial charge in [-0.15, -0.1) is 0 Å². The van der Waals surface area contributed by atoms with E-state index in [0.29, 0.717) is 41.2 Å². The van der Waals surface area contributed by atoms with Gasteiger partial charge in [0.05, 0.1) is 36.2 Å². The van der Waals surface area contributed by atoms with Gasteiger partial charge in [0.2, 0.25) is 5.91 Å². The number of likely N-dealkylation sites (N-methyl/N-ethyl adjacent to an activating group) is 2. The Morgan fingerprint density at radius 1 is 0.972 bits per heavy atom. The molecular formula is C28H28N4O4. The van der Waals surface area contributed by atoms with E-state index in [0.717, 1.165) is 16.8 Å². The average molecular weight is 485 g/mol. The van der Waals surface area contributed by atoms with Crippen molar-refractivity contribution in [1.82, 2.24) is 10.2 Å². The Hall–Kier alpha value is -4.43. The molecule has 8 heteroatoms. The highest BCUT2D eigenvalue weighted by Gasteiger charge is 2.29. The van der Waals surface area contributed by atoms with Gasteiger partial charge in [0.25, 0.3) is 5.91 Å². The summed E-state index contributed by atoms with van der Waals surface area (Å²) in [5, 5.41) is 8.93. The van der Waals surface area contributed by atoms with Gasteiger partial charge in [-0.05, 0) is 42.4 Å². The molecule has 3 N–H and O–H groups in total. The van der Waals surface area contributed by atoms with E-state index in [1.165, 1.54) is 7.11 Å². The number of nitrogens with zero attached hydrogens (tertiary/aromatic N) is 1. The molecule has 36 heavy (non-hydrogen) atoms. The molecule has 0 saturated heterocycles. The summed E-state index contributed by atoms with van der Waals surface area (Å²) in [5.74, 6) is -0.762. The number of rotatable bonds is 8. The number of carbonyl (C=O) groups excluding carboxylic acids is 3. The Morgan fingerprint density at radius 2 is 1.69 bits per heavy atom. The highest BCUT2D eigenvalue weighted by molar-refractivity contribution is 6.37. The minimum atomic E-state index is -0.466. The Morgan fingerprint density at radius 3 is 2.36 bits per heavy atom. The average Bonchev–Trinajstić information content (AvgIpc) is 3.22. The van der Waals surface area contributed by atoms with Gasteiger partial charge in [-0.25, -0.2) is 4.79 Å². The number of ether oxygens (including phenoxy) is 1. The van der Waals surface area contributed by atoms with Crippen LogP contribution < -0.4 is 16.0 Å². The molecule has 3 aromatic rings. The first kappa shape index (κ1) is 24.7. The number of hydrogen-bond donors (Lipinski definition) is 3. The molecule has 184 valence electrons. The van der Waals surface area contributed by atoms with E-state index < -0.39 is 5.97 Å². The van der Waals surface area contributed by atoms with Crippen molar-refractivity contribution < 1.29 is 19.1 Å². The maximum Gasteiger partial charge on any atom is 0.337 e. The largest absolute Gasteiger partial charge is 0.465 e. The van der Waals surface area contributed by atoms with E-state index >= 15 is 0 Å². The summed E-state index contributed by atoms with van der Waals surface area (Å²) >= 11 is 0. The number of methoxy groups -OCH3 is 1. The van der Waals surface area contributed by atoms with Crippen molar-refractivity contribution >= 4 is 40.4 Å². The number of amides is 2. The van der Waals surface area contributed by atoms with Crippen molar-refractivity contribution in [3.63, 3.8) is 0 Å². The first-order chi connectivity index (χ1) is 17.4. The normalized spacial score (nSPS) is 13.6. The smallest absolute Gasteiger partial charge is 0.337 e. The van der Waals surface area contributed by atoms with E-state index in [-0.39, 0.29) is 11.8 Å². The number of anilines is 2. The lowest BCUT2D eigenvalue weighted by Gasteiger charge is -2.17. The molecule has 0 spiro atoms. The van der Waals surface area contributed by atoms with Crippen LogP contribution in [0.15, 0.2) is 72.8 Å². The van der Waals surface area contributed by atoms with Crippen molar-refractivity contribution in [2.24, 2.45) is 0 Å². The van der Waals surface area contributed by atoms with Gasteiger partial charge in [0.1, 0.15) is 0 Å². The maximum absolute atomic E-state index is 13.1. The number of hydrogen-bond acceptors (Lipinski definition) is 6. The molecule has 0 unspecified atom stereocenters. The van der Waals surface area contributed by atoms with E-state index in [2.05, 4.69) is 16.0 Å². The molecule has 4 rings (SSSR count). The molecule has 1 aliphatic rings. The number of carbonyl (C=O) groups is 3. The summed E-state index contributed by atoms with van der Waals surface area (Å²) in [6.07, 6.45) is 0. The van der Waals surface area contributed by atoms with Crippen molar-refractivity contribution in [2.75, 3.05) is 38.4 Å². The maximum atomic E-state index is 13.1. The Kier molecular flexibility index (Phi) is 7.46. The fourth-order valence-corrected chi connectivity index (χ4v) is 4.08. The van der Waals surface area contributed by atoms with Crippen LogP contribution in [0.1, 0.15) is 27.0 Å². The van der Waals surface area contributed by atoms with Gasteiger partial charge in [-0.3, -0.25) is 14.5 Å². The van der Waals surface area contributed by atoms with Crippen LogP contribution in [0.4, 0.5) is 11.4 Å². The summed E-state index contributed by atoms with van der Waals surface area (Å²) < 4.78 is 4.80. The monoisotopic (exact) mass is 484 g/mol. The molecule has 0 atom stereocenters. The van der Waals surface area contributed by atoms with Gasteiger partial charge >= 0.3 is 5.97 Å². The fourth-order valence-electron chi connectivity index (χ4n) is 4.08. The topological polar surface area (TPSA) is 99.8 Å². The minimum absolute atomic E-state index is 0.0382. The van der Waals surface area contributed by atoms with E-state index in [9.17, 15) is 14.4 Å². The zero-order chi connectivity index (χ0) is 25.7. The molecule has 0 aliphatic carbocycles. The van der Waals surface area contributed by atoms with Crippen LogP contribution >= 0.6 is 0 Å². The number of fused-ring (bicyclic) bond motifs is 1. The summed E-state index contributed by atoms with van der Waals surface area (Å²) in [6, 6.07) is 22.5. The quantitative estimate of drug-likeness (QED) is 0.334. The minimum Gasteiger partial charge on any atom is -0.465 e. The van der Waals surface area contributed by atoms with Crippen LogP contribution in [0.5, 0.6) is 0 Å². The lowest BCUT2D eigenvalue weighted by molar-refractivity contribution is -0.121. The van der Waals surface area contributed by atoms with Crippen LogP contribution in [0, 0.1) is 0 Å². The summed E-state index contributed by atoms with van der Waals surface area (Å²) in [5.41, 5.74) is 5.48. The second-order valence-electron chi connectivity index (χ2n) is 8.49. The molecule has 0 radical (unpaired) electrons. The Labute approximate surface area is 210 Å². The van der Waals surface area contributed by atoms with Crippen molar-refractivity contribution in [3.05, 3.63) is 95.1 Å². The van der Waals surface area contributed by atoms with Crippen LogP contribution in [-0.4, -0.2) is 50.4 Å². The van der Waals surface area contributed by atoms with Gasteiger partial charge in [-0.1, -0.05) is 48.5 Å². The zero-order valence-corrected chi connectivity index (χ0v) is 20.4. The Balaban J connectivity index is 1.66. The van der Waals surface area contributed by atoms with E-state index in [4.69, 9.17) is 4.74 Å². The molecule has 8 nitrogen and oxygen atoms in total. The predicted molar refractivity (Wildman–Crippen MR) is 140 cm³/mol. The van der Waals surface area contributed by atoms with E-state index in [1.54, 1.807) is 25.2 Å². The SMILES string of the molecule is CNC(=O)CN(C)Cc1ccc(NC(=C2C(=O)Nc3cc(C(=O)OC)ccc32)c2ccccc2)cc1. The van der Waals surface area contributed by atoms with Gasteiger partial charge in [-0.2, -0.15) is 0 Å². The van der Waals surface area contributed by atoms with Crippen molar-refractivity contribution in [3.8, 4) is 0 Å². The second kappa shape index (κ2) is 10.9. The van der Waals surface area contributed by atoms with Gasteiger partial charge in [0.15, 0.2) is 0 Å². The Bertz CT molecular complexity index is 1320. The molecule has 1 heterocycles. The molecule has 0 bridgehead atoms. The highest BCUT2D eigenvalue weighted by Crippen LogP contribution is 2.38. The standard InChI is InChI=1S/C28H28N4O4/c1-29-24(33)17-32(2)16-18-9-12-21(13-10-18)30-26(19-7-5-4-6-8-19)25-22-14-11-20(28(35)36-3)15-23(22)31-27(25)34/h4-15,30H,16-17H2,1-3H3,(H,29,33)(H,31,34). The third kappa shape index (κ3) is 5.45. The van der Waals surface area contributed by atoms with Crippen LogP contribution in [0.25, 0.3) is 11.3 Å². The highest BCUT2D eigenvalue weighted by atomic mass is 16.5. The third-order valence-corrected chi connectivity index (χ3v) is 5.87. The van der Waals surface area contributed by atoms with Gasteiger partial charge in [0, 0.05) is 24.8 Å². The third-order valence-electron chi connectivity index (χ3n) is 5.87. The molecule has 0 saturated carbocycles. The first-order valence-electron chi connectivity index (χ1n) is 11.5. The van der Waals surface area contributed by atoms with Crippen molar-refractivity contribution in [1.29, 1.82) is 0 Å². The van der Waals surface area contributed by atoms with Crippen LogP contribution in [0.3, 0.4) is 0 Å². The fraction of sp³-hybridized carbons (Fsp3) is 0.179.